The molecule has 0 bridgehead atoms. The lowest BCUT2D eigenvalue weighted by molar-refractivity contribution is -0.127. The van der Waals surface area contributed by atoms with Crippen molar-refractivity contribution in [1.82, 2.24) is 4.90 Å². The third kappa shape index (κ3) is 2.60. The van der Waals surface area contributed by atoms with Gasteiger partial charge in [-0.25, -0.2) is 4.79 Å². The molecule has 1 aliphatic rings. The van der Waals surface area contributed by atoms with Gasteiger partial charge in [-0.15, -0.1) is 0 Å². The van der Waals surface area contributed by atoms with Gasteiger partial charge in [0, 0.05) is 18.2 Å². The average molecular weight is 287 g/mol. The van der Waals surface area contributed by atoms with Crippen molar-refractivity contribution >= 4 is 40.8 Å². The van der Waals surface area contributed by atoms with Gasteiger partial charge in [0.15, 0.2) is 0 Å². The van der Waals surface area contributed by atoms with Gasteiger partial charge >= 0.3 is 6.03 Å². The SMILES string of the molecule is CC1CCN(C(=O)Nc2ccc(Cl)c(Cl)c2)C1=O. The summed E-state index contributed by atoms with van der Waals surface area (Å²) in [6, 6.07) is 4.35. The van der Waals surface area contributed by atoms with Crippen molar-refractivity contribution in [2.45, 2.75) is 13.3 Å². The van der Waals surface area contributed by atoms with Gasteiger partial charge in [0.25, 0.3) is 0 Å². The minimum Gasteiger partial charge on any atom is -0.307 e. The molecule has 0 saturated carbocycles. The summed E-state index contributed by atoms with van der Waals surface area (Å²) < 4.78 is 0. The number of benzene rings is 1. The molecule has 1 heterocycles. The number of hydrogen-bond donors (Lipinski definition) is 1. The van der Waals surface area contributed by atoms with Crippen LogP contribution in [0.3, 0.4) is 0 Å². The number of anilines is 1. The molecule has 0 spiro atoms. The van der Waals surface area contributed by atoms with E-state index in [0.717, 1.165) is 0 Å². The number of nitrogens with zero attached hydrogens (tertiary/aromatic N) is 1. The van der Waals surface area contributed by atoms with Crippen molar-refractivity contribution in [2.75, 3.05) is 11.9 Å². The van der Waals surface area contributed by atoms with Gasteiger partial charge in [0.1, 0.15) is 0 Å². The number of hydrogen-bond acceptors (Lipinski definition) is 2. The van der Waals surface area contributed by atoms with Crippen LogP contribution in [0.4, 0.5) is 10.5 Å². The van der Waals surface area contributed by atoms with Gasteiger partial charge in [-0.1, -0.05) is 30.1 Å². The van der Waals surface area contributed by atoms with Crippen molar-refractivity contribution in [3.8, 4) is 0 Å². The Morgan fingerprint density at radius 1 is 1.39 bits per heavy atom. The van der Waals surface area contributed by atoms with Gasteiger partial charge in [0.05, 0.1) is 10.0 Å². The quantitative estimate of drug-likeness (QED) is 0.860. The van der Waals surface area contributed by atoms with Crippen LogP contribution in [0.2, 0.25) is 10.0 Å². The number of amides is 3. The number of halogens is 2. The maximum absolute atomic E-state index is 11.9. The zero-order chi connectivity index (χ0) is 13.3. The Hall–Kier alpha value is -1.26. The highest BCUT2D eigenvalue weighted by molar-refractivity contribution is 6.42. The van der Waals surface area contributed by atoms with Crippen LogP contribution in [-0.2, 0) is 4.79 Å². The lowest BCUT2D eigenvalue weighted by Crippen LogP contribution is -2.36. The van der Waals surface area contributed by atoms with E-state index in [-0.39, 0.29) is 11.8 Å². The molecule has 0 aromatic heterocycles. The normalized spacial score (nSPS) is 19.2. The molecule has 96 valence electrons. The maximum Gasteiger partial charge on any atom is 0.328 e. The summed E-state index contributed by atoms with van der Waals surface area (Å²) in [5.41, 5.74) is 0.516. The van der Waals surface area contributed by atoms with Crippen LogP contribution in [0.25, 0.3) is 0 Å². The Balaban J connectivity index is 2.07. The molecule has 1 fully saturated rings. The Kier molecular flexibility index (Phi) is 3.78. The first-order valence-electron chi connectivity index (χ1n) is 5.56. The highest BCUT2D eigenvalue weighted by Gasteiger charge is 2.32. The predicted octanol–water partition coefficient (Wildman–Crippen LogP) is 3.39. The molecule has 4 nitrogen and oxygen atoms in total. The second-order valence-electron chi connectivity index (χ2n) is 4.24. The number of nitrogens with one attached hydrogen (secondary N) is 1. The number of likely N-dealkylation sites (tertiary alicyclic amines) is 1. The number of carbonyl (C=O) groups is 2. The highest BCUT2D eigenvalue weighted by Crippen LogP contribution is 2.25. The van der Waals surface area contributed by atoms with E-state index in [4.69, 9.17) is 23.2 Å². The van der Waals surface area contributed by atoms with Crippen molar-refractivity contribution in [3.05, 3.63) is 28.2 Å². The van der Waals surface area contributed by atoms with E-state index in [0.29, 0.717) is 28.7 Å². The van der Waals surface area contributed by atoms with Crippen molar-refractivity contribution in [1.29, 1.82) is 0 Å². The molecule has 1 atom stereocenters. The van der Waals surface area contributed by atoms with Crippen LogP contribution in [0.5, 0.6) is 0 Å². The van der Waals surface area contributed by atoms with Crippen molar-refractivity contribution in [2.24, 2.45) is 5.92 Å². The second kappa shape index (κ2) is 5.16. The minimum absolute atomic E-state index is 0.0930. The number of imide groups is 1. The van der Waals surface area contributed by atoms with Gasteiger partial charge in [-0.05, 0) is 24.6 Å². The highest BCUT2D eigenvalue weighted by atomic mass is 35.5. The average Bonchev–Trinajstić information content (AvgIpc) is 2.65. The van der Waals surface area contributed by atoms with E-state index in [9.17, 15) is 9.59 Å². The molecule has 2 rings (SSSR count). The topological polar surface area (TPSA) is 49.4 Å². The molecule has 1 unspecified atom stereocenters. The lowest BCUT2D eigenvalue weighted by Gasteiger charge is -2.15. The number of carbonyl (C=O) groups excluding carboxylic acids is 2. The predicted molar refractivity (Wildman–Crippen MR) is 71.0 cm³/mol. The van der Waals surface area contributed by atoms with E-state index in [2.05, 4.69) is 5.32 Å². The Morgan fingerprint density at radius 3 is 2.67 bits per heavy atom. The van der Waals surface area contributed by atoms with E-state index < -0.39 is 6.03 Å². The molecule has 1 aliphatic heterocycles. The van der Waals surface area contributed by atoms with Crippen LogP contribution in [0.15, 0.2) is 18.2 Å². The summed E-state index contributed by atoms with van der Waals surface area (Å²) in [7, 11) is 0. The second-order valence-corrected chi connectivity index (χ2v) is 5.05. The standard InChI is InChI=1S/C12H12Cl2N2O2/c1-7-4-5-16(11(7)17)12(18)15-8-2-3-9(13)10(14)6-8/h2-3,6-7H,4-5H2,1H3,(H,15,18). The summed E-state index contributed by atoms with van der Waals surface area (Å²) in [5.74, 6) is -0.239. The van der Waals surface area contributed by atoms with Crippen LogP contribution >= 0.6 is 23.2 Å². The molecule has 1 aromatic rings. The molecular weight excluding hydrogens is 275 g/mol. The van der Waals surface area contributed by atoms with E-state index in [1.165, 1.54) is 4.90 Å². The van der Waals surface area contributed by atoms with Crippen LogP contribution < -0.4 is 5.32 Å². The van der Waals surface area contributed by atoms with Gasteiger partial charge in [-0.3, -0.25) is 9.69 Å². The fourth-order valence-electron chi connectivity index (χ4n) is 1.79. The Labute approximate surface area is 115 Å². The molecule has 1 saturated heterocycles. The zero-order valence-corrected chi connectivity index (χ0v) is 11.3. The first-order valence-corrected chi connectivity index (χ1v) is 6.32. The monoisotopic (exact) mass is 286 g/mol. The lowest BCUT2D eigenvalue weighted by atomic mass is 10.1. The van der Waals surface area contributed by atoms with E-state index in [1.54, 1.807) is 18.2 Å². The zero-order valence-electron chi connectivity index (χ0n) is 9.74. The summed E-state index contributed by atoms with van der Waals surface area (Å²) >= 11 is 11.6. The van der Waals surface area contributed by atoms with Gasteiger partial charge < -0.3 is 5.32 Å². The molecule has 1 aromatic carbocycles. The van der Waals surface area contributed by atoms with Crippen molar-refractivity contribution in [3.63, 3.8) is 0 Å². The molecule has 6 heteroatoms. The smallest absolute Gasteiger partial charge is 0.307 e. The molecular formula is C12H12Cl2N2O2. The largest absolute Gasteiger partial charge is 0.328 e. The molecule has 0 aliphatic carbocycles. The van der Waals surface area contributed by atoms with Gasteiger partial charge in [-0.2, -0.15) is 0 Å². The van der Waals surface area contributed by atoms with Crippen LogP contribution in [-0.4, -0.2) is 23.4 Å². The summed E-state index contributed by atoms with van der Waals surface area (Å²) in [6.07, 6.45) is 0.702. The molecule has 18 heavy (non-hydrogen) atoms. The third-order valence-corrected chi connectivity index (χ3v) is 3.63. The van der Waals surface area contributed by atoms with Crippen LogP contribution in [0.1, 0.15) is 13.3 Å². The first-order chi connectivity index (χ1) is 8.49. The molecule has 3 amide bonds. The minimum atomic E-state index is -0.428. The maximum atomic E-state index is 11.9. The summed E-state index contributed by atoms with van der Waals surface area (Å²) in [6.45, 7) is 2.27. The van der Waals surface area contributed by atoms with Crippen LogP contribution in [0, 0.1) is 5.92 Å². The summed E-state index contributed by atoms with van der Waals surface area (Å²) in [5, 5.41) is 3.40. The number of urea groups is 1. The van der Waals surface area contributed by atoms with E-state index >= 15 is 0 Å². The number of rotatable bonds is 1. The Bertz CT molecular complexity index is 505. The molecule has 1 N–H and O–H groups in total. The molecule has 0 radical (unpaired) electrons. The fourth-order valence-corrected chi connectivity index (χ4v) is 2.09. The van der Waals surface area contributed by atoms with E-state index in [1.807, 2.05) is 6.92 Å². The Morgan fingerprint density at radius 2 is 2.11 bits per heavy atom. The first kappa shape index (κ1) is 13.2. The third-order valence-electron chi connectivity index (χ3n) is 2.89. The fraction of sp³-hybridized carbons (Fsp3) is 0.333. The van der Waals surface area contributed by atoms with Crippen molar-refractivity contribution < 1.29 is 9.59 Å². The summed E-state index contributed by atoms with van der Waals surface area (Å²) in [4.78, 5) is 24.8. The van der Waals surface area contributed by atoms with Gasteiger partial charge in [0.2, 0.25) is 5.91 Å².